The molecule has 2 heterocycles. The van der Waals surface area contributed by atoms with Gasteiger partial charge in [0.1, 0.15) is 11.2 Å². The maximum atomic E-state index is 11.3. The number of halogens is 1. The minimum Gasteiger partial charge on any atom is -0.444 e. The molecule has 0 unspecified atom stereocenters. The SMILES string of the molecule is C#CCNC(=O)OC(C)(C)C.Cc1cncc(Br)c1.Cc1cncc(C#CCNC(=O)OC(C)(C)C)c1. The van der Waals surface area contributed by atoms with E-state index in [1.54, 1.807) is 39.4 Å². The smallest absolute Gasteiger partial charge is 0.408 e. The third-order valence-electron chi connectivity index (χ3n) is 3.40. The molecule has 8 nitrogen and oxygen atoms in total. The Bertz CT molecular complexity index is 1090. The first kappa shape index (κ1) is 33.4. The number of hydrogen-bond acceptors (Lipinski definition) is 6. The quantitative estimate of drug-likeness (QED) is 0.456. The summed E-state index contributed by atoms with van der Waals surface area (Å²) in [6, 6.07) is 3.96. The highest BCUT2D eigenvalue weighted by atomic mass is 79.9. The summed E-state index contributed by atoms with van der Waals surface area (Å²) >= 11 is 3.30. The van der Waals surface area contributed by atoms with Crippen molar-refractivity contribution in [2.75, 3.05) is 13.1 Å². The normalized spacial score (nSPS) is 9.95. The summed E-state index contributed by atoms with van der Waals surface area (Å²) in [7, 11) is 0. The third-order valence-corrected chi connectivity index (χ3v) is 3.84. The van der Waals surface area contributed by atoms with Crippen LogP contribution in [0.4, 0.5) is 9.59 Å². The number of aromatic nitrogens is 2. The maximum Gasteiger partial charge on any atom is 0.408 e. The maximum absolute atomic E-state index is 11.3. The van der Waals surface area contributed by atoms with Crippen LogP contribution in [-0.4, -0.2) is 46.4 Å². The van der Waals surface area contributed by atoms with Crippen LogP contribution >= 0.6 is 15.9 Å². The van der Waals surface area contributed by atoms with Crippen LogP contribution in [0.25, 0.3) is 0 Å². The molecule has 2 aromatic rings. The van der Waals surface area contributed by atoms with E-state index in [9.17, 15) is 9.59 Å². The molecule has 0 atom stereocenters. The van der Waals surface area contributed by atoms with Crippen LogP contribution < -0.4 is 10.6 Å². The van der Waals surface area contributed by atoms with Crippen LogP contribution in [0, 0.1) is 38.0 Å². The molecular weight excluding hydrogens is 536 g/mol. The van der Waals surface area contributed by atoms with Crippen LogP contribution in [-0.2, 0) is 9.47 Å². The van der Waals surface area contributed by atoms with Crippen molar-refractivity contribution in [3.63, 3.8) is 0 Å². The van der Waals surface area contributed by atoms with E-state index in [0.717, 1.165) is 15.6 Å². The van der Waals surface area contributed by atoms with Crippen molar-refractivity contribution in [3.05, 3.63) is 58.1 Å². The van der Waals surface area contributed by atoms with E-state index in [1.165, 1.54) is 5.56 Å². The molecular formula is C28H37BrN4O4. The summed E-state index contributed by atoms with van der Waals surface area (Å²) < 4.78 is 11.0. The van der Waals surface area contributed by atoms with Gasteiger partial charge in [0, 0.05) is 34.8 Å². The highest BCUT2D eigenvalue weighted by Gasteiger charge is 2.15. The number of nitrogens with one attached hydrogen (secondary N) is 2. The van der Waals surface area contributed by atoms with Gasteiger partial charge in [0.25, 0.3) is 0 Å². The zero-order chi connectivity index (χ0) is 28.5. The number of amides is 2. The van der Waals surface area contributed by atoms with Gasteiger partial charge in [-0.25, -0.2) is 9.59 Å². The van der Waals surface area contributed by atoms with E-state index in [2.05, 4.69) is 54.3 Å². The van der Waals surface area contributed by atoms with Gasteiger partial charge in [-0.1, -0.05) is 17.8 Å². The lowest BCUT2D eigenvalue weighted by Gasteiger charge is -2.19. The zero-order valence-corrected chi connectivity index (χ0v) is 24.4. The number of terminal acetylenes is 1. The molecule has 2 amide bonds. The number of hydrogen-bond donors (Lipinski definition) is 2. The Hall–Kier alpha value is -3.56. The molecule has 0 aliphatic heterocycles. The van der Waals surface area contributed by atoms with Crippen molar-refractivity contribution < 1.29 is 19.1 Å². The van der Waals surface area contributed by atoms with Crippen LogP contribution in [0.1, 0.15) is 58.2 Å². The van der Waals surface area contributed by atoms with E-state index in [1.807, 2.05) is 52.9 Å². The Morgan fingerprint density at radius 1 is 0.865 bits per heavy atom. The lowest BCUT2D eigenvalue weighted by Crippen LogP contribution is -2.32. The molecule has 0 saturated carbocycles. The molecule has 0 aromatic carbocycles. The lowest BCUT2D eigenvalue weighted by molar-refractivity contribution is 0.0523. The Balaban J connectivity index is 0.000000579. The number of carbonyl (C=O) groups is 2. The molecule has 2 N–H and O–H groups in total. The van der Waals surface area contributed by atoms with E-state index in [0.29, 0.717) is 0 Å². The summed E-state index contributed by atoms with van der Waals surface area (Å²) in [6.07, 6.45) is 11.0. The number of rotatable bonds is 2. The second-order valence-electron chi connectivity index (χ2n) is 9.65. The number of alkyl carbamates (subject to hydrolysis) is 2. The Morgan fingerprint density at radius 3 is 1.76 bits per heavy atom. The number of carbonyl (C=O) groups excluding carboxylic acids is 2. The molecule has 0 bridgehead atoms. The molecule has 0 saturated heterocycles. The van der Waals surface area contributed by atoms with Gasteiger partial charge in [-0.2, -0.15) is 0 Å². The molecule has 0 fully saturated rings. The number of nitrogens with zero attached hydrogens (tertiary/aromatic N) is 2. The molecule has 2 rings (SSSR count). The van der Waals surface area contributed by atoms with Crippen LogP contribution in [0.5, 0.6) is 0 Å². The number of ether oxygens (including phenoxy) is 2. The number of aryl methyl sites for hydroxylation is 2. The molecule has 0 spiro atoms. The molecule has 37 heavy (non-hydrogen) atoms. The van der Waals surface area contributed by atoms with Gasteiger partial charge in [-0.15, -0.1) is 6.42 Å². The first-order chi connectivity index (χ1) is 17.1. The highest BCUT2D eigenvalue weighted by Crippen LogP contribution is 2.08. The van der Waals surface area contributed by atoms with Crippen molar-refractivity contribution in [2.24, 2.45) is 0 Å². The summed E-state index contributed by atoms with van der Waals surface area (Å²) in [4.78, 5) is 30.1. The van der Waals surface area contributed by atoms with Crippen molar-refractivity contribution in [2.45, 2.75) is 66.6 Å². The summed E-state index contributed by atoms with van der Waals surface area (Å²) in [5.74, 6) is 8.04. The van der Waals surface area contributed by atoms with E-state index < -0.39 is 23.4 Å². The third kappa shape index (κ3) is 21.4. The number of pyridine rings is 2. The largest absolute Gasteiger partial charge is 0.444 e. The minimum absolute atomic E-state index is 0.203. The molecule has 0 aliphatic carbocycles. The van der Waals surface area contributed by atoms with Gasteiger partial charge in [-0.05, 0) is 94.6 Å². The van der Waals surface area contributed by atoms with Crippen molar-refractivity contribution >= 4 is 28.1 Å². The average molecular weight is 574 g/mol. The summed E-state index contributed by atoms with van der Waals surface area (Å²) in [5, 5.41) is 4.96. The van der Waals surface area contributed by atoms with E-state index >= 15 is 0 Å². The fourth-order valence-corrected chi connectivity index (χ4v) is 2.63. The monoisotopic (exact) mass is 572 g/mol. The first-order valence-electron chi connectivity index (χ1n) is 11.5. The predicted octanol–water partition coefficient (Wildman–Crippen LogP) is 5.56. The summed E-state index contributed by atoms with van der Waals surface area (Å²) in [6.45, 7) is 15.3. The van der Waals surface area contributed by atoms with E-state index in [4.69, 9.17) is 15.9 Å². The molecule has 2 aromatic heterocycles. The Kier molecular flexibility index (Phi) is 15.4. The van der Waals surface area contributed by atoms with Crippen LogP contribution in [0.15, 0.2) is 41.4 Å². The standard InChI is InChI=1S/C14H18N2O2.C8H13NO2.C6H6BrN/c1-11-8-12(10-15-9-11)6-5-7-16-13(17)18-14(2,3)4;1-5-6-9-7(10)11-8(2,3)4;1-5-2-6(7)4-8-3-5/h8-10H,7H2,1-4H3,(H,16,17);1H,6H2,2-4H3,(H,9,10);2-4H,1H3. The van der Waals surface area contributed by atoms with Crippen molar-refractivity contribution in [1.82, 2.24) is 20.6 Å². The lowest BCUT2D eigenvalue weighted by atomic mass is 10.2. The molecule has 0 radical (unpaired) electrons. The van der Waals surface area contributed by atoms with Gasteiger partial charge >= 0.3 is 12.2 Å². The van der Waals surface area contributed by atoms with Gasteiger partial charge < -0.3 is 20.1 Å². The van der Waals surface area contributed by atoms with Gasteiger partial charge in [0.15, 0.2) is 0 Å². The second kappa shape index (κ2) is 17.0. The Morgan fingerprint density at radius 2 is 1.35 bits per heavy atom. The van der Waals surface area contributed by atoms with Gasteiger partial charge in [0.2, 0.25) is 0 Å². The average Bonchev–Trinajstić information content (AvgIpc) is 2.74. The molecule has 200 valence electrons. The van der Waals surface area contributed by atoms with Crippen molar-refractivity contribution in [3.8, 4) is 24.2 Å². The summed E-state index contributed by atoms with van der Waals surface area (Å²) in [5.41, 5.74) is 2.12. The second-order valence-corrected chi connectivity index (χ2v) is 10.6. The minimum atomic E-state index is -0.488. The van der Waals surface area contributed by atoms with Crippen LogP contribution in [0.2, 0.25) is 0 Å². The highest BCUT2D eigenvalue weighted by molar-refractivity contribution is 9.10. The van der Waals surface area contributed by atoms with Crippen molar-refractivity contribution in [1.29, 1.82) is 0 Å². The first-order valence-corrected chi connectivity index (χ1v) is 12.3. The van der Waals surface area contributed by atoms with Gasteiger partial charge in [0.05, 0.1) is 13.1 Å². The topological polar surface area (TPSA) is 102 Å². The molecule has 0 aliphatic rings. The van der Waals surface area contributed by atoms with Crippen LogP contribution in [0.3, 0.4) is 0 Å². The van der Waals surface area contributed by atoms with Gasteiger partial charge in [-0.3, -0.25) is 9.97 Å². The van der Waals surface area contributed by atoms with E-state index in [-0.39, 0.29) is 13.1 Å². The fourth-order valence-electron chi connectivity index (χ4n) is 2.16. The fraction of sp³-hybridized carbons (Fsp3) is 0.429. The Labute approximate surface area is 229 Å². The predicted molar refractivity (Wildman–Crippen MR) is 150 cm³/mol. The zero-order valence-electron chi connectivity index (χ0n) is 22.9. The molecule has 9 heteroatoms.